The molecule has 0 atom stereocenters. The molecule has 1 aliphatic rings. The Kier molecular flexibility index (Phi) is 9.02. The highest BCUT2D eigenvalue weighted by atomic mass is 35.5. The lowest BCUT2D eigenvalue weighted by Gasteiger charge is -2.12. The van der Waals surface area contributed by atoms with Crippen molar-refractivity contribution in [3.05, 3.63) is 85.2 Å². The molecule has 36 heavy (non-hydrogen) atoms. The fourth-order valence-corrected chi connectivity index (χ4v) is 5.08. The first-order valence-corrected chi connectivity index (χ1v) is 12.1. The summed E-state index contributed by atoms with van der Waals surface area (Å²) in [4.78, 5) is 37.8. The average Bonchev–Trinajstić information content (AvgIpc) is 3.15. The molecule has 4 N–H and O–H groups in total. The van der Waals surface area contributed by atoms with Crippen LogP contribution in [0.25, 0.3) is 0 Å². The fourth-order valence-electron chi connectivity index (χ4n) is 3.37. The number of benzene rings is 2. The van der Waals surface area contributed by atoms with Crippen LogP contribution in [-0.4, -0.2) is 29.2 Å². The van der Waals surface area contributed by atoms with Crippen molar-refractivity contribution < 1.29 is 18.4 Å². The van der Waals surface area contributed by atoms with Crippen LogP contribution in [0.3, 0.4) is 0 Å². The number of amides is 2. The number of aromatic nitrogens is 1. The number of alkyl halides is 3. The molecule has 2 aromatic carbocycles. The van der Waals surface area contributed by atoms with E-state index in [0.717, 1.165) is 36.6 Å². The van der Waals surface area contributed by atoms with Gasteiger partial charge < -0.3 is 16.0 Å². The number of nitrogens with zero attached hydrogens (tertiary/aromatic N) is 1. The highest BCUT2D eigenvalue weighted by molar-refractivity contribution is 7.99. The maximum absolute atomic E-state index is 13.2. The summed E-state index contributed by atoms with van der Waals surface area (Å²) < 4.78 is 26.4. The molecule has 3 aromatic rings. The number of nitrogens with two attached hydrogens (primary N) is 1. The van der Waals surface area contributed by atoms with Gasteiger partial charge in [0.1, 0.15) is 5.69 Å². The van der Waals surface area contributed by atoms with Gasteiger partial charge in [0.15, 0.2) is 6.29 Å². The molecule has 0 aliphatic carbocycles. The smallest absolute Gasteiger partial charge is 0.351 e. The number of anilines is 1. The van der Waals surface area contributed by atoms with Gasteiger partial charge in [-0.25, -0.2) is 4.79 Å². The molecule has 1 aromatic heterocycles. The Labute approximate surface area is 223 Å². The van der Waals surface area contributed by atoms with Gasteiger partial charge in [0.2, 0.25) is 0 Å². The molecule has 0 saturated carbocycles. The second-order valence-electron chi connectivity index (χ2n) is 7.70. The number of urea groups is 1. The topological polar surface area (TPSA) is 108 Å². The molecule has 0 radical (unpaired) electrons. The molecule has 0 saturated heterocycles. The molecule has 0 bridgehead atoms. The zero-order valence-corrected chi connectivity index (χ0v) is 21.7. The normalized spacial score (nSPS) is 12.9. The standard InChI is InChI=1S/C13H6Cl3F2NO2S.C10H13N3O/c14-7-2-1-3-8(15)11(7)22-9-4-10(13(16,17)18)19-12(21)6(9)5-20;1-13-5-7-2-3-9(12-10(11)14)4-8(7)6-13/h1-5H,(H,19,21);2-4H,5-6H2,1H3,(H3,11,12,14). The van der Waals surface area contributed by atoms with Crippen LogP contribution in [0.4, 0.5) is 19.3 Å². The van der Waals surface area contributed by atoms with E-state index in [0.29, 0.717) is 4.90 Å². The number of halogens is 5. The van der Waals surface area contributed by atoms with Gasteiger partial charge in [0.25, 0.3) is 5.56 Å². The molecule has 2 heterocycles. The average molecular weight is 576 g/mol. The predicted octanol–water partition coefficient (Wildman–Crippen LogP) is 6.06. The van der Waals surface area contributed by atoms with E-state index in [1.165, 1.54) is 11.1 Å². The third-order valence-corrected chi connectivity index (χ3v) is 7.20. The summed E-state index contributed by atoms with van der Waals surface area (Å²) in [6.45, 7) is 1.91. The molecular weight excluding hydrogens is 557 g/mol. The van der Waals surface area contributed by atoms with Gasteiger partial charge >= 0.3 is 11.4 Å². The quantitative estimate of drug-likeness (QED) is 0.253. The maximum atomic E-state index is 13.2. The second-order valence-corrected chi connectivity index (χ2v) is 10.0. The van der Waals surface area contributed by atoms with Crippen molar-refractivity contribution in [3.63, 3.8) is 0 Å². The van der Waals surface area contributed by atoms with Crippen molar-refractivity contribution >= 4 is 64.6 Å². The number of primary amides is 1. The first-order valence-electron chi connectivity index (χ1n) is 10.2. The molecule has 1 aliphatic heterocycles. The van der Waals surface area contributed by atoms with E-state index in [2.05, 4.69) is 17.3 Å². The monoisotopic (exact) mass is 574 g/mol. The molecule has 0 unspecified atom stereocenters. The number of rotatable bonds is 5. The van der Waals surface area contributed by atoms with Crippen molar-refractivity contribution in [2.75, 3.05) is 12.4 Å². The largest absolute Gasteiger partial charge is 0.362 e. The van der Waals surface area contributed by atoms with Gasteiger partial charge in [-0.3, -0.25) is 14.5 Å². The fraction of sp³-hybridized carbons (Fsp3) is 0.174. The van der Waals surface area contributed by atoms with Gasteiger partial charge in [0, 0.05) is 28.6 Å². The first kappa shape index (κ1) is 27.9. The molecule has 4 rings (SSSR count). The summed E-state index contributed by atoms with van der Waals surface area (Å²) in [5.74, 6) is 0. The summed E-state index contributed by atoms with van der Waals surface area (Å²) >= 11 is 17.7. The predicted molar refractivity (Wildman–Crippen MR) is 138 cm³/mol. The van der Waals surface area contributed by atoms with E-state index >= 15 is 0 Å². The van der Waals surface area contributed by atoms with Gasteiger partial charge in [-0.1, -0.05) is 47.1 Å². The molecule has 13 heteroatoms. The van der Waals surface area contributed by atoms with Crippen molar-refractivity contribution in [1.29, 1.82) is 0 Å². The van der Waals surface area contributed by atoms with E-state index in [-0.39, 0.29) is 26.8 Å². The Bertz CT molecular complexity index is 1350. The van der Waals surface area contributed by atoms with Gasteiger partial charge in [-0.05, 0) is 60.1 Å². The molecule has 190 valence electrons. The lowest BCUT2D eigenvalue weighted by atomic mass is 10.1. The van der Waals surface area contributed by atoms with Crippen LogP contribution in [0.15, 0.2) is 57.1 Å². The number of H-pyrrole nitrogens is 1. The third kappa shape index (κ3) is 6.98. The number of aldehydes is 1. The summed E-state index contributed by atoms with van der Waals surface area (Å²) in [5.41, 5.74) is 6.28. The number of carbonyl (C=O) groups is 2. The molecule has 0 fully saturated rings. The minimum Gasteiger partial charge on any atom is -0.351 e. The van der Waals surface area contributed by atoms with Gasteiger partial charge in [-0.15, -0.1) is 0 Å². The number of carbonyl (C=O) groups excluding carboxylic acids is 2. The van der Waals surface area contributed by atoms with Crippen LogP contribution in [-0.2, 0) is 18.5 Å². The van der Waals surface area contributed by atoms with E-state index in [1.54, 1.807) is 18.2 Å². The zero-order valence-electron chi connectivity index (χ0n) is 18.6. The maximum Gasteiger partial charge on any atom is 0.362 e. The van der Waals surface area contributed by atoms with E-state index in [1.807, 2.05) is 23.2 Å². The number of hydrogen-bond acceptors (Lipinski definition) is 5. The van der Waals surface area contributed by atoms with E-state index in [9.17, 15) is 23.2 Å². The Morgan fingerprint density at radius 1 is 1.17 bits per heavy atom. The Morgan fingerprint density at radius 2 is 1.81 bits per heavy atom. The van der Waals surface area contributed by atoms with E-state index in [4.69, 9.17) is 40.5 Å². The van der Waals surface area contributed by atoms with Crippen molar-refractivity contribution in [2.45, 2.75) is 28.3 Å². The van der Waals surface area contributed by atoms with E-state index < -0.39 is 22.7 Å². The Morgan fingerprint density at radius 3 is 2.39 bits per heavy atom. The lowest BCUT2D eigenvalue weighted by molar-refractivity contribution is 0.0891. The van der Waals surface area contributed by atoms with Crippen molar-refractivity contribution in [3.8, 4) is 0 Å². The molecule has 2 amide bonds. The van der Waals surface area contributed by atoms with Crippen LogP contribution in [0.2, 0.25) is 10.0 Å². The lowest BCUT2D eigenvalue weighted by Crippen LogP contribution is -2.20. The number of aromatic amines is 1. The Balaban J connectivity index is 0.000000221. The summed E-state index contributed by atoms with van der Waals surface area (Å²) in [6, 6.07) is 11.0. The third-order valence-electron chi connectivity index (χ3n) is 4.94. The number of nitrogens with one attached hydrogen (secondary N) is 2. The van der Waals surface area contributed by atoms with Crippen molar-refractivity contribution in [1.82, 2.24) is 9.88 Å². The second kappa shape index (κ2) is 11.6. The minimum absolute atomic E-state index is 0.0240. The van der Waals surface area contributed by atoms with Crippen LogP contribution < -0.4 is 16.6 Å². The summed E-state index contributed by atoms with van der Waals surface area (Å²) in [7, 11) is 2.07. The molecule has 0 spiro atoms. The van der Waals surface area contributed by atoms with Crippen molar-refractivity contribution in [2.24, 2.45) is 5.73 Å². The van der Waals surface area contributed by atoms with Gasteiger partial charge in [0.05, 0.1) is 15.6 Å². The van der Waals surface area contributed by atoms with Crippen LogP contribution in [0.5, 0.6) is 0 Å². The number of pyridine rings is 1. The SMILES string of the molecule is CN1Cc2ccc(NC(N)=O)cc2C1.O=Cc1c(Sc2c(Cl)cccc2Cl)cc(C(F)(F)Cl)[nH]c1=O. The summed E-state index contributed by atoms with van der Waals surface area (Å²) in [6.07, 6.45) is 0.266. The molecular formula is C23H19Cl3F2N4O3S. The van der Waals surface area contributed by atoms with Crippen LogP contribution in [0, 0.1) is 0 Å². The van der Waals surface area contributed by atoms with Crippen LogP contribution in [0.1, 0.15) is 27.2 Å². The highest BCUT2D eigenvalue weighted by Crippen LogP contribution is 2.40. The van der Waals surface area contributed by atoms with Crippen LogP contribution >= 0.6 is 46.6 Å². The summed E-state index contributed by atoms with van der Waals surface area (Å²) in [5, 5.41) is -0.692. The molecule has 7 nitrogen and oxygen atoms in total. The van der Waals surface area contributed by atoms with Gasteiger partial charge in [-0.2, -0.15) is 8.78 Å². The number of hydrogen-bond donors (Lipinski definition) is 3. The highest BCUT2D eigenvalue weighted by Gasteiger charge is 2.31. The number of fused-ring (bicyclic) bond motifs is 1. The minimum atomic E-state index is -3.78. The first-order chi connectivity index (χ1) is 16.9. The zero-order chi connectivity index (χ0) is 26.6. The Hall–Kier alpha value is -2.63.